The number of amides is 1. The third-order valence-corrected chi connectivity index (χ3v) is 4.44. The Bertz CT molecular complexity index is 1180. The fourth-order valence-corrected chi connectivity index (χ4v) is 2.99. The van der Waals surface area contributed by atoms with Crippen LogP contribution in [0.2, 0.25) is 0 Å². The lowest BCUT2D eigenvalue weighted by atomic mass is 10.1. The van der Waals surface area contributed by atoms with Gasteiger partial charge in [-0.3, -0.25) is 4.79 Å². The van der Waals surface area contributed by atoms with Crippen LogP contribution < -0.4 is 10.1 Å². The maximum Gasteiger partial charge on any atom is 0.339 e. The number of fused-ring (bicyclic) bond motifs is 1. The van der Waals surface area contributed by atoms with Crippen molar-refractivity contribution in [1.29, 1.82) is 0 Å². The van der Waals surface area contributed by atoms with Crippen molar-refractivity contribution < 1.29 is 19.1 Å². The smallest absolute Gasteiger partial charge is 0.339 e. The molecular formula is C23H18N2O4. The summed E-state index contributed by atoms with van der Waals surface area (Å²) in [5.41, 5.74) is 2.04. The van der Waals surface area contributed by atoms with Gasteiger partial charge >= 0.3 is 5.97 Å². The Balaban J connectivity index is 1.64. The Morgan fingerprint density at radius 1 is 0.897 bits per heavy atom. The van der Waals surface area contributed by atoms with Crippen molar-refractivity contribution in [3.63, 3.8) is 0 Å². The maximum absolute atomic E-state index is 12.6. The highest BCUT2D eigenvalue weighted by molar-refractivity contribution is 6.08. The van der Waals surface area contributed by atoms with Crippen molar-refractivity contribution >= 4 is 28.5 Å². The number of aromatic nitrogens is 1. The van der Waals surface area contributed by atoms with Crippen molar-refractivity contribution in [3.05, 3.63) is 90.1 Å². The van der Waals surface area contributed by atoms with E-state index >= 15 is 0 Å². The summed E-state index contributed by atoms with van der Waals surface area (Å²) in [6.45, 7) is 0. The molecule has 1 heterocycles. The van der Waals surface area contributed by atoms with Crippen LogP contribution in [0, 0.1) is 0 Å². The minimum absolute atomic E-state index is 0.241. The third-order valence-electron chi connectivity index (χ3n) is 4.44. The summed E-state index contributed by atoms with van der Waals surface area (Å²) < 4.78 is 10.8. The number of methoxy groups -OCH3 is 1. The van der Waals surface area contributed by atoms with Gasteiger partial charge < -0.3 is 19.8 Å². The highest BCUT2D eigenvalue weighted by Gasteiger charge is 2.16. The minimum atomic E-state index is -0.548. The van der Waals surface area contributed by atoms with Crippen LogP contribution in [0.25, 0.3) is 10.9 Å². The zero-order valence-electron chi connectivity index (χ0n) is 15.6. The van der Waals surface area contributed by atoms with Crippen molar-refractivity contribution in [3.8, 4) is 11.5 Å². The number of aromatic amines is 1. The first-order chi connectivity index (χ1) is 14.1. The number of hydrogen-bond acceptors (Lipinski definition) is 4. The third kappa shape index (κ3) is 3.96. The van der Waals surface area contributed by atoms with E-state index in [1.165, 1.54) is 7.11 Å². The van der Waals surface area contributed by atoms with Gasteiger partial charge in [0.2, 0.25) is 0 Å². The number of carbonyl (C=O) groups is 2. The van der Waals surface area contributed by atoms with Gasteiger partial charge in [0.1, 0.15) is 11.5 Å². The molecule has 0 atom stereocenters. The van der Waals surface area contributed by atoms with Crippen molar-refractivity contribution in [2.24, 2.45) is 0 Å². The molecule has 3 aromatic carbocycles. The van der Waals surface area contributed by atoms with Crippen LogP contribution in [0.3, 0.4) is 0 Å². The lowest BCUT2D eigenvalue weighted by Gasteiger charge is -2.13. The first kappa shape index (κ1) is 18.3. The summed E-state index contributed by atoms with van der Waals surface area (Å²) >= 11 is 0. The Morgan fingerprint density at radius 2 is 1.66 bits per heavy atom. The summed E-state index contributed by atoms with van der Waals surface area (Å²) in [6, 6.07) is 21.2. The van der Waals surface area contributed by atoms with Gasteiger partial charge in [-0.1, -0.05) is 18.2 Å². The Kier molecular flexibility index (Phi) is 4.99. The first-order valence-corrected chi connectivity index (χ1v) is 8.98. The van der Waals surface area contributed by atoms with Gasteiger partial charge in [0.15, 0.2) is 0 Å². The van der Waals surface area contributed by atoms with E-state index in [-0.39, 0.29) is 11.5 Å². The molecule has 29 heavy (non-hydrogen) atoms. The zero-order valence-corrected chi connectivity index (χ0v) is 15.6. The van der Waals surface area contributed by atoms with Crippen molar-refractivity contribution in [1.82, 2.24) is 4.98 Å². The standard InChI is InChI=1S/C23H18N2O4/c1-28-23(27)19-9-7-18(29-17-8-10-20-16(13-17)11-12-24-20)14-21(19)25-22(26)15-5-3-2-4-6-15/h2-14,24H,1H3,(H,25,26). The summed E-state index contributed by atoms with van der Waals surface area (Å²) in [5, 5.41) is 3.79. The number of ether oxygens (including phenoxy) is 2. The molecule has 0 bridgehead atoms. The molecule has 0 spiro atoms. The molecule has 4 aromatic rings. The predicted molar refractivity (Wildman–Crippen MR) is 111 cm³/mol. The van der Waals surface area contributed by atoms with Crippen LogP contribution in [0.1, 0.15) is 20.7 Å². The van der Waals surface area contributed by atoms with Crippen LogP contribution in [-0.2, 0) is 4.74 Å². The molecule has 4 rings (SSSR count). The Morgan fingerprint density at radius 3 is 2.45 bits per heavy atom. The van der Waals surface area contributed by atoms with Gasteiger partial charge in [-0.25, -0.2) is 4.79 Å². The van der Waals surface area contributed by atoms with Crippen LogP contribution in [-0.4, -0.2) is 24.0 Å². The lowest BCUT2D eigenvalue weighted by Crippen LogP contribution is -2.15. The van der Waals surface area contributed by atoms with E-state index in [4.69, 9.17) is 9.47 Å². The topological polar surface area (TPSA) is 80.4 Å². The second-order valence-electron chi connectivity index (χ2n) is 6.35. The van der Waals surface area contributed by atoms with Crippen LogP contribution in [0.4, 0.5) is 5.69 Å². The zero-order chi connectivity index (χ0) is 20.2. The van der Waals surface area contributed by atoms with E-state index in [1.807, 2.05) is 36.5 Å². The number of anilines is 1. The predicted octanol–water partition coefficient (Wildman–Crippen LogP) is 5.00. The molecule has 1 amide bonds. The van der Waals surface area contributed by atoms with E-state index in [0.717, 1.165) is 10.9 Å². The minimum Gasteiger partial charge on any atom is -0.465 e. The first-order valence-electron chi connectivity index (χ1n) is 8.98. The molecule has 0 saturated heterocycles. The van der Waals surface area contributed by atoms with Gasteiger partial charge in [-0.15, -0.1) is 0 Å². The number of carbonyl (C=O) groups excluding carboxylic acids is 2. The molecule has 144 valence electrons. The van der Waals surface area contributed by atoms with Gasteiger partial charge in [-0.2, -0.15) is 0 Å². The second-order valence-corrected chi connectivity index (χ2v) is 6.35. The van der Waals surface area contributed by atoms with E-state index in [1.54, 1.807) is 42.5 Å². The van der Waals surface area contributed by atoms with Crippen LogP contribution >= 0.6 is 0 Å². The van der Waals surface area contributed by atoms with E-state index in [2.05, 4.69) is 10.3 Å². The van der Waals surface area contributed by atoms with Gasteiger partial charge in [0.05, 0.1) is 18.4 Å². The molecule has 0 radical (unpaired) electrons. The molecule has 0 aliphatic carbocycles. The number of rotatable bonds is 5. The number of nitrogens with one attached hydrogen (secondary N) is 2. The molecule has 6 heteroatoms. The van der Waals surface area contributed by atoms with Crippen LogP contribution in [0.15, 0.2) is 79.0 Å². The molecule has 0 aliphatic rings. The summed E-state index contributed by atoms with van der Waals surface area (Å²) in [7, 11) is 1.29. The monoisotopic (exact) mass is 386 g/mol. The molecule has 1 aromatic heterocycles. The van der Waals surface area contributed by atoms with Crippen molar-refractivity contribution in [2.45, 2.75) is 0 Å². The Hall–Kier alpha value is -4.06. The van der Waals surface area contributed by atoms with Gasteiger partial charge in [-0.05, 0) is 48.5 Å². The summed E-state index contributed by atoms with van der Waals surface area (Å²) in [5.74, 6) is 0.245. The largest absolute Gasteiger partial charge is 0.465 e. The average molecular weight is 386 g/mol. The normalized spacial score (nSPS) is 10.5. The van der Waals surface area contributed by atoms with E-state index in [9.17, 15) is 9.59 Å². The van der Waals surface area contributed by atoms with E-state index < -0.39 is 5.97 Å². The quantitative estimate of drug-likeness (QED) is 0.473. The maximum atomic E-state index is 12.6. The number of H-pyrrole nitrogens is 1. The molecular weight excluding hydrogens is 368 g/mol. The number of esters is 1. The van der Waals surface area contributed by atoms with Crippen molar-refractivity contribution in [2.75, 3.05) is 12.4 Å². The van der Waals surface area contributed by atoms with E-state index in [0.29, 0.717) is 22.7 Å². The molecule has 2 N–H and O–H groups in total. The lowest BCUT2D eigenvalue weighted by molar-refractivity contribution is 0.0602. The molecule has 0 aliphatic heterocycles. The average Bonchev–Trinajstić information content (AvgIpc) is 3.22. The second kappa shape index (κ2) is 7.90. The molecule has 6 nitrogen and oxygen atoms in total. The Labute approximate surface area is 167 Å². The molecule has 0 unspecified atom stereocenters. The van der Waals surface area contributed by atoms with Gasteiger partial charge in [0.25, 0.3) is 5.91 Å². The van der Waals surface area contributed by atoms with Crippen LogP contribution in [0.5, 0.6) is 11.5 Å². The fraction of sp³-hybridized carbons (Fsp3) is 0.0435. The fourth-order valence-electron chi connectivity index (χ4n) is 2.99. The molecule has 0 fully saturated rings. The van der Waals surface area contributed by atoms with Gasteiger partial charge in [0, 0.05) is 28.7 Å². The SMILES string of the molecule is COC(=O)c1ccc(Oc2ccc3[nH]ccc3c2)cc1NC(=O)c1ccccc1. The summed E-state index contributed by atoms with van der Waals surface area (Å²) in [4.78, 5) is 27.8. The molecule has 0 saturated carbocycles. The number of benzene rings is 3. The summed E-state index contributed by atoms with van der Waals surface area (Å²) in [6.07, 6.45) is 1.86. The number of hydrogen-bond donors (Lipinski definition) is 2. The highest BCUT2D eigenvalue weighted by atomic mass is 16.5. The highest BCUT2D eigenvalue weighted by Crippen LogP contribution is 2.29.